The lowest BCUT2D eigenvalue weighted by molar-refractivity contribution is 0.311. The smallest absolute Gasteiger partial charge is 0.137 e. The van der Waals surface area contributed by atoms with Crippen molar-refractivity contribution in [3.63, 3.8) is 0 Å². The maximum Gasteiger partial charge on any atom is 0.137 e. The van der Waals surface area contributed by atoms with Gasteiger partial charge in [-0.3, -0.25) is 4.90 Å². The van der Waals surface area contributed by atoms with Crippen LogP contribution in [0.1, 0.15) is 29.2 Å². The SMILES string of the molecule is Cc1cc(F)c(Br)c(C2CC(CN)CN2C)c1C. The van der Waals surface area contributed by atoms with Crippen LogP contribution in [-0.2, 0) is 0 Å². The molecule has 2 unspecified atom stereocenters. The second-order valence-electron chi connectivity index (χ2n) is 5.32. The number of hydrogen-bond donors (Lipinski definition) is 1. The molecule has 1 aromatic rings. The van der Waals surface area contributed by atoms with Crippen molar-refractivity contribution in [1.82, 2.24) is 4.90 Å². The van der Waals surface area contributed by atoms with Crippen molar-refractivity contribution in [2.24, 2.45) is 11.7 Å². The first-order valence-corrected chi connectivity index (χ1v) is 7.10. The minimum atomic E-state index is -0.169. The average molecular weight is 315 g/mol. The Morgan fingerprint density at radius 1 is 1.50 bits per heavy atom. The van der Waals surface area contributed by atoms with E-state index in [2.05, 4.69) is 34.8 Å². The number of halogens is 2. The lowest BCUT2D eigenvalue weighted by Gasteiger charge is -2.24. The Balaban J connectivity index is 2.45. The van der Waals surface area contributed by atoms with Crippen LogP contribution < -0.4 is 5.73 Å². The number of rotatable bonds is 2. The van der Waals surface area contributed by atoms with Gasteiger partial charge in [-0.15, -0.1) is 0 Å². The molecule has 4 heteroatoms. The van der Waals surface area contributed by atoms with Gasteiger partial charge in [0.05, 0.1) is 4.47 Å². The van der Waals surface area contributed by atoms with Crippen molar-refractivity contribution in [3.05, 3.63) is 33.0 Å². The summed E-state index contributed by atoms with van der Waals surface area (Å²) in [6.07, 6.45) is 1.01. The molecule has 1 fully saturated rings. The Morgan fingerprint density at radius 2 is 2.17 bits per heavy atom. The molecule has 1 saturated heterocycles. The largest absolute Gasteiger partial charge is 0.330 e. The second kappa shape index (κ2) is 5.27. The topological polar surface area (TPSA) is 29.3 Å². The third kappa shape index (κ3) is 2.33. The first-order valence-electron chi connectivity index (χ1n) is 6.31. The van der Waals surface area contributed by atoms with E-state index in [1.54, 1.807) is 6.07 Å². The molecule has 0 aliphatic carbocycles. The summed E-state index contributed by atoms with van der Waals surface area (Å²) in [5.41, 5.74) is 9.04. The van der Waals surface area contributed by atoms with Crippen molar-refractivity contribution in [2.45, 2.75) is 26.3 Å². The van der Waals surface area contributed by atoms with Crippen LogP contribution in [0.4, 0.5) is 4.39 Å². The molecule has 0 spiro atoms. The molecule has 18 heavy (non-hydrogen) atoms. The molecule has 1 aliphatic rings. The molecule has 2 N–H and O–H groups in total. The van der Waals surface area contributed by atoms with Gasteiger partial charge >= 0.3 is 0 Å². The monoisotopic (exact) mass is 314 g/mol. The molecule has 0 amide bonds. The molecule has 100 valence electrons. The predicted octanol–water partition coefficient (Wildman–Crippen LogP) is 3.16. The summed E-state index contributed by atoms with van der Waals surface area (Å²) < 4.78 is 14.5. The number of aryl methyl sites for hydroxylation is 1. The van der Waals surface area contributed by atoms with E-state index in [4.69, 9.17) is 5.73 Å². The average Bonchev–Trinajstić information content (AvgIpc) is 2.69. The molecular weight excluding hydrogens is 295 g/mol. The van der Waals surface area contributed by atoms with Crippen molar-refractivity contribution < 1.29 is 4.39 Å². The fraction of sp³-hybridized carbons (Fsp3) is 0.571. The van der Waals surface area contributed by atoms with E-state index in [1.165, 1.54) is 5.56 Å². The quantitative estimate of drug-likeness (QED) is 0.908. The minimum Gasteiger partial charge on any atom is -0.330 e. The Kier molecular flexibility index (Phi) is 4.09. The lowest BCUT2D eigenvalue weighted by atomic mass is 9.93. The van der Waals surface area contributed by atoms with Crippen LogP contribution in [0.25, 0.3) is 0 Å². The van der Waals surface area contributed by atoms with Gasteiger partial charge in [0.15, 0.2) is 0 Å². The fourth-order valence-corrected chi connectivity index (χ4v) is 3.55. The normalized spacial score (nSPS) is 24.8. The van der Waals surface area contributed by atoms with Crippen molar-refractivity contribution in [3.8, 4) is 0 Å². The highest BCUT2D eigenvalue weighted by Crippen LogP contribution is 2.40. The van der Waals surface area contributed by atoms with Gasteiger partial charge in [-0.2, -0.15) is 0 Å². The Labute approximate surface area is 116 Å². The molecule has 2 rings (SSSR count). The van der Waals surface area contributed by atoms with Crippen LogP contribution >= 0.6 is 15.9 Å². The molecular formula is C14H20BrFN2. The fourth-order valence-electron chi connectivity index (χ4n) is 2.88. The van der Waals surface area contributed by atoms with Gasteiger partial charge in [-0.05, 0) is 78.5 Å². The summed E-state index contributed by atoms with van der Waals surface area (Å²) >= 11 is 3.41. The Hall–Kier alpha value is -0.450. The van der Waals surface area contributed by atoms with E-state index in [9.17, 15) is 4.39 Å². The third-order valence-electron chi connectivity index (χ3n) is 4.09. The van der Waals surface area contributed by atoms with Crippen LogP contribution in [0.3, 0.4) is 0 Å². The summed E-state index contributed by atoms with van der Waals surface area (Å²) in [6, 6.07) is 1.86. The van der Waals surface area contributed by atoms with E-state index in [0.717, 1.165) is 24.1 Å². The summed E-state index contributed by atoms with van der Waals surface area (Å²) in [4.78, 5) is 2.28. The van der Waals surface area contributed by atoms with Crippen LogP contribution in [-0.4, -0.2) is 25.0 Å². The highest BCUT2D eigenvalue weighted by molar-refractivity contribution is 9.10. The molecule has 2 atom stereocenters. The van der Waals surface area contributed by atoms with E-state index in [0.29, 0.717) is 16.9 Å². The molecule has 0 aromatic heterocycles. The highest BCUT2D eigenvalue weighted by Gasteiger charge is 2.32. The van der Waals surface area contributed by atoms with Crippen LogP contribution in [0.2, 0.25) is 0 Å². The van der Waals surface area contributed by atoms with E-state index in [-0.39, 0.29) is 11.9 Å². The van der Waals surface area contributed by atoms with Gasteiger partial charge in [-0.1, -0.05) is 0 Å². The summed E-state index contributed by atoms with van der Waals surface area (Å²) in [5, 5.41) is 0. The van der Waals surface area contributed by atoms with Crippen molar-refractivity contribution in [2.75, 3.05) is 20.1 Å². The molecule has 1 aromatic carbocycles. The zero-order valence-corrected chi connectivity index (χ0v) is 12.7. The summed E-state index contributed by atoms with van der Waals surface area (Å²) in [6.45, 7) is 5.72. The van der Waals surface area contributed by atoms with Gasteiger partial charge in [0.25, 0.3) is 0 Å². The van der Waals surface area contributed by atoms with Gasteiger partial charge in [-0.25, -0.2) is 4.39 Å². The number of nitrogens with zero attached hydrogens (tertiary/aromatic N) is 1. The maximum atomic E-state index is 13.9. The van der Waals surface area contributed by atoms with E-state index >= 15 is 0 Å². The lowest BCUT2D eigenvalue weighted by Crippen LogP contribution is -2.21. The first kappa shape index (κ1) is 14.0. The highest BCUT2D eigenvalue weighted by atomic mass is 79.9. The first-order chi connectivity index (χ1) is 8.45. The van der Waals surface area contributed by atoms with Gasteiger partial charge in [0, 0.05) is 12.6 Å². The van der Waals surface area contributed by atoms with Crippen LogP contribution in [0.15, 0.2) is 10.5 Å². The maximum absolute atomic E-state index is 13.9. The Morgan fingerprint density at radius 3 is 2.72 bits per heavy atom. The summed E-state index contributed by atoms with van der Waals surface area (Å²) in [7, 11) is 2.09. The van der Waals surface area contributed by atoms with Gasteiger partial charge in [0.1, 0.15) is 5.82 Å². The number of nitrogens with two attached hydrogens (primary N) is 1. The standard InChI is InChI=1S/C14H20BrFN2/c1-8-4-11(16)14(15)13(9(8)2)12-5-10(6-17)7-18(12)3/h4,10,12H,5-7,17H2,1-3H3. The van der Waals surface area contributed by atoms with Crippen LogP contribution in [0, 0.1) is 25.6 Å². The predicted molar refractivity (Wildman–Crippen MR) is 76.1 cm³/mol. The molecule has 0 saturated carbocycles. The van der Waals surface area contributed by atoms with Gasteiger partial charge < -0.3 is 5.73 Å². The minimum absolute atomic E-state index is 0.169. The number of likely N-dealkylation sites (tertiary alicyclic amines) is 1. The van der Waals surface area contributed by atoms with E-state index in [1.807, 2.05) is 6.92 Å². The molecule has 0 radical (unpaired) electrons. The molecule has 1 heterocycles. The van der Waals surface area contributed by atoms with Gasteiger partial charge in [0.2, 0.25) is 0 Å². The van der Waals surface area contributed by atoms with E-state index < -0.39 is 0 Å². The third-order valence-corrected chi connectivity index (χ3v) is 4.89. The molecule has 0 bridgehead atoms. The van der Waals surface area contributed by atoms with Crippen molar-refractivity contribution >= 4 is 15.9 Å². The zero-order chi connectivity index (χ0) is 13.4. The number of hydrogen-bond acceptors (Lipinski definition) is 2. The summed E-state index contributed by atoms with van der Waals surface area (Å²) in [5.74, 6) is 0.340. The van der Waals surface area contributed by atoms with Crippen LogP contribution in [0.5, 0.6) is 0 Å². The zero-order valence-electron chi connectivity index (χ0n) is 11.1. The number of benzene rings is 1. The molecule has 2 nitrogen and oxygen atoms in total. The van der Waals surface area contributed by atoms with Crippen molar-refractivity contribution in [1.29, 1.82) is 0 Å². The second-order valence-corrected chi connectivity index (χ2v) is 6.11. The Bertz CT molecular complexity index is 435. The molecule has 1 aliphatic heterocycles.